The van der Waals surface area contributed by atoms with E-state index in [1.165, 1.54) is 89.0 Å². The minimum absolute atomic E-state index is 0.153. The van der Waals surface area contributed by atoms with E-state index < -0.39 is 11.6 Å². The third kappa shape index (κ3) is 13.8. The van der Waals surface area contributed by atoms with Gasteiger partial charge < -0.3 is 5.11 Å². The molecule has 1 N–H and O–H groups in total. The van der Waals surface area contributed by atoms with Crippen LogP contribution in [0.2, 0.25) is 0 Å². The van der Waals surface area contributed by atoms with Crippen LogP contribution in [0.5, 0.6) is 0 Å². The number of rotatable bonds is 21. The van der Waals surface area contributed by atoms with Gasteiger partial charge in [0.2, 0.25) is 0 Å². The Morgan fingerprint density at radius 2 is 1.27 bits per heavy atom. The Balaban J connectivity index is 3.81. The van der Waals surface area contributed by atoms with Gasteiger partial charge in [0, 0.05) is 18.4 Å². The summed E-state index contributed by atoms with van der Waals surface area (Å²) in [5.41, 5.74) is 0.610. The number of likely N-dealkylation sites (N-methyl/N-ethyl adjacent to an activating group) is 1. The van der Waals surface area contributed by atoms with Gasteiger partial charge in [-0.2, -0.15) is 0 Å². The van der Waals surface area contributed by atoms with Crippen LogP contribution in [0, 0.1) is 0 Å². The highest BCUT2D eigenvalue weighted by molar-refractivity contribution is 6.25. The molecule has 0 aromatic carbocycles. The topological polar surface area (TPSA) is 40.5 Å². The second-order valence-electron chi connectivity index (χ2n) is 9.29. The van der Waals surface area contributed by atoms with E-state index in [4.69, 9.17) is 11.6 Å². The van der Waals surface area contributed by atoms with Crippen LogP contribution in [0.1, 0.15) is 123 Å². The van der Waals surface area contributed by atoms with Crippen LogP contribution in [0.4, 0.5) is 0 Å². The molecule has 2 unspecified atom stereocenters. The minimum Gasteiger partial charge on any atom is -0.393 e. The highest BCUT2D eigenvalue weighted by Gasteiger charge is 2.38. The predicted octanol–water partition coefficient (Wildman–Crippen LogP) is 7.64. The van der Waals surface area contributed by atoms with Crippen molar-refractivity contribution in [1.82, 2.24) is 4.90 Å². The molecule has 0 bridgehead atoms. The van der Waals surface area contributed by atoms with Crippen molar-refractivity contribution in [3.05, 3.63) is 11.6 Å². The molecule has 0 fully saturated rings. The van der Waals surface area contributed by atoms with E-state index in [9.17, 15) is 9.90 Å². The maximum Gasteiger partial charge on any atom is 0.157 e. The number of aliphatic hydroxyl groups is 1. The molecule has 0 rings (SSSR count). The summed E-state index contributed by atoms with van der Waals surface area (Å²) >= 11 is 5.81. The Labute approximate surface area is 192 Å². The average molecular weight is 444 g/mol. The largest absolute Gasteiger partial charge is 0.393 e. The third-order valence-electron chi connectivity index (χ3n) is 6.23. The van der Waals surface area contributed by atoms with E-state index >= 15 is 0 Å². The fourth-order valence-electron chi connectivity index (χ4n) is 4.28. The van der Waals surface area contributed by atoms with Crippen molar-refractivity contribution in [2.24, 2.45) is 0 Å². The van der Waals surface area contributed by atoms with E-state index in [0.29, 0.717) is 12.8 Å². The zero-order valence-corrected chi connectivity index (χ0v) is 21.2. The summed E-state index contributed by atoms with van der Waals surface area (Å²) in [4.78, 5) is 14.8. The van der Waals surface area contributed by atoms with Crippen LogP contribution >= 0.6 is 11.6 Å². The Morgan fingerprint density at radius 1 is 0.867 bits per heavy atom. The second-order valence-corrected chi connectivity index (χ2v) is 9.54. The molecule has 0 saturated carbocycles. The van der Waals surface area contributed by atoms with Crippen LogP contribution in [0.25, 0.3) is 0 Å². The van der Waals surface area contributed by atoms with Gasteiger partial charge in [0.25, 0.3) is 0 Å². The van der Waals surface area contributed by atoms with Crippen molar-refractivity contribution < 1.29 is 9.90 Å². The highest BCUT2D eigenvalue weighted by Crippen LogP contribution is 2.26. The van der Waals surface area contributed by atoms with Crippen molar-refractivity contribution in [2.45, 2.75) is 135 Å². The van der Waals surface area contributed by atoms with Crippen molar-refractivity contribution >= 4 is 17.4 Å². The Bertz CT molecular complexity index is 437. The lowest BCUT2D eigenvalue weighted by Gasteiger charge is -2.37. The molecular formula is C26H50ClNO2. The number of aliphatic hydroxyl groups excluding tert-OH is 1. The van der Waals surface area contributed by atoms with E-state index in [0.717, 1.165) is 12.8 Å². The number of hydrogen-bond donors (Lipinski definition) is 1. The SMILES string of the molecule is CCCCCCCCCCCCCCCCCC(=O)C(C=CCl)(CC(C)O)N(C)C. The van der Waals surface area contributed by atoms with Crippen molar-refractivity contribution in [1.29, 1.82) is 0 Å². The minimum atomic E-state index is -0.800. The summed E-state index contributed by atoms with van der Waals surface area (Å²) in [6.07, 6.45) is 21.9. The number of ketones is 1. The normalized spacial score (nSPS) is 15.0. The molecule has 0 aliphatic heterocycles. The quantitative estimate of drug-likeness (QED) is 0.185. The average Bonchev–Trinajstić information content (AvgIpc) is 2.69. The first kappa shape index (κ1) is 29.6. The molecule has 0 aliphatic carbocycles. The summed E-state index contributed by atoms with van der Waals surface area (Å²) in [5, 5.41) is 9.86. The van der Waals surface area contributed by atoms with Crippen LogP contribution in [-0.2, 0) is 4.79 Å². The molecule has 0 amide bonds. The van der Waals surface area contributed by atoms with Crippen molar-refractivity contribution in [3.63, 3.8) is 0 Å². The molecule has 0 aliphatic rings. The number of hydrogen-bond acceptors (Lipinski definition) is 3. The summed E-state index contributed by atoms with van der Waals surface area (Å²) in [7, 11) is 3.76. The summed E-state index contributed by atoms with van der Waals surface area (Å²) in [6, 6.07) is 0. The van der Waals surface area contributed by atoms with Crippen LogP contribution < -0.4 is 0 Å². The van der Waals surface area contributed by atoms with Gasteiger partial charge in [0.05, 0.1) is 6.10 Å². The number of Topliss-reactive ketones (excluding diaryl/α,β-unsaturated/α-hetero) is 1. The maximum absolute atomic E-state index is 12.9. The third-order valence-corrected chi connectivity index (χ3v) is 6.36. The zero-order chi connectivity index (χ0) is 22.7. The smallest absolute Gasteiger partial charge is 0.157 e. The first-order chi connectivity index (χ1) is 14.4. The number of carbonyl (C=O) groups is 1. The Hall–Kier alpha value is -0.380. The first-order valence-corrected chi connectivity index (χ1v) is 13.0. The Kier molecular flexibility index (Phi) is 19.1. The zero-order valence-electron chi connectivity index (χ0n) is 20.4. The van der Waals surface area contributed by atoms with Crippen LogP contribution in [-0.4, -0.2) is 41.5 Å². The van der Waals surface area contributed by atoms with Gasteiger partial charge in [0.1, 0.15) is 5.54 Å². The molecule has 30 heavy (non-hydrogen) atoms. The van der Waals surface area contributed by atoms with Gasteiger partial charge in [-0.1, -0.05) is 108 Å². The van der Waals surface area contributed by atoms with E-state index in [1.807, 2.05) is 19.0 Å². The highest BCUT2D eigenvalue weighted by atomic mass is 35.5. The Morgan fingerprint density at radius 3 is 1.60 bits per heavy atom. The molecule has 0 saturated heterocycles. The predicted molar refractivity (Wildman–Crippen MR) is 132 cm³/mol. The summed E-state index contributed by atoms with van der Waals surface area (Å²) < 4.78 is 0. The monoisotopic (exact) mass is 443 g/mol. The lowest BCUT2D eigenvalue weighted by Crippen LogP contribution is -2.51. The molecule has 0 radical (unpaired) electrons. The molecule has 0 heterocycles. The molecular weight excluding hydrogens is 394 g/mol. The second kappa shape index (κ2) is 19.3. The van der Waals surface area contributed by atoms with Gasteiger partial charge in [0.15, 0.2) is 5.78 Å². The van der Waals surface area contributed by atoms with Crippen LogP contribution in [0.15, 0.2) is 11.6 Å². The van der Waals surface area contributed by atoms with Gasteiger partial charge >= 0.3 is 0 Å². The van der Waals surface area contributed by atoms with E-state index in [-0.39, 0.29) is 5.78 Å². The lowest BCUT2D eigenvalue weighted by atomic mass is 9.84. The van der Waals surface area contributed by atoms with Gasteiger partial charge in [-0.3, -0.25) is 9.69 Å². The first-order valence-electron chi connectivity index (χ1n) is 12.6. The number of carbonyl (C=O) groups excluding carboxylic acids is 1. The van der Waals surface area contributed by atoms with Crippen LogP contribution in [0.3, 0.4) is 0 Å². The molecule has 4 heteroatoms. The van der Waals surface area contributed by atoms with Gasteiger partial charge in [-0.15, -0.1) is 0 Å². The fraction of sp³-hybridized carbons (Fsp3) is 0.885. The standard InChI is InChI=1S/C26H50ClNO2/c1-5-6-7-8-9-10-11-12-13-14-15-16-17-18-19-20-25(30)26(21-22-27,28(3)4)23-24(2)29/h21-22,24,29H,5-20,23H2,1-4H3. The molecule has 0 aromatic heterocycles. The molecule has 0 spiro atoms. The number of unbranched alkanes of at least 4 members (excludes halogenated alkanes) is 14. The molecule has 3 nitrogen and oxygen atoms in total. The van der Waals surface area contributed by atoms with E-state index in [1.54, 1.807) is 13.0 Å². The van der Waals surface area contributed by atoms with Gasteiger partial charge in [-0.25, -0.2) is 0 Å². The lowest BCUT2D eigenvalue weighted by molar-refractivity contribution is -0.128. The molecule has 178 valence electrons. The maximum atomic E-state index is 12.9. The van der Waals surface area contributed by atoms with Gasteiger partial charge in [-0.05, 0) is 33.5 Å². The summed E-state index contributed by atoms with van der Waals surface area (Å²) in [5.74, 6) is 0.153. The number of nitrogens with zero attached hydrogens (tertiary/aromatic N) is 1. The van der Waals surface area contributed by atoms with E-state index in [2.05, 4.69) is 6.92 Å². The molecule has 2 atom stereocenters. The van der Waals surface area contributed by atoms with Crippen molar-refractivity contribution in [3.8, 4) is 0 Å². The van der Waals surface area contributed by atoms with Crippen molar-refractivity contribution in [2.75, 3.05) is 14.1 Å². The fourth-order valence-corrected chi connectivity index (χ4v) is 4.49. The summed E-state index contributed by atoms with van der Waals surface area (Å²) in [6.45, 7) is 4.00. The number of halogens is 1. The molecule has 0 aromatic rings.